The first kappa shape index (κ1) is 10.1. The Morgan fingerprint density at radius 1 is 1.47 bits per heavy atom. The van der Waals surface area contributed by atoms with Crippen LogP contribution in [0.1, 0.15) is 26.0 Å². The molecule has 80 valence electrons. The van der Waals surface area contributed by atoms with E-state index < -0.39 is 0 Å². The summed E-state index contributed by atoms with van der Waals surface area (Å²) in [6, 6.07) is 2.03. The van der Waals surface area contributed by atoms with Crippen LogP contribution >= 0.6 is 0 Å². The maximum atomic E-state index is 4.45. The molecule has 0 bridgehead atoms. The monoisotopic (exact) mass is 204 g/mol. The standard InChI is InChI=1S/C11H16N4/c1-9(2)8-10-4-7-15(14-10)11-12-5-3-6-13-11/h4-5,7,9H,3,6,8H2,1-2H3. The minimum absolute atomic E-state index is 0.630. The molecule has 1 aromatic rings. The Balaban J connectivity index is 2.13. The number of hydrogen-bond donors (Lipinski definition) is 0. The zero-order valence-electron chi connectivity index (χ0n) is 9.22. The van der Waals surface area contributed by atoms with Crippen LogP contribution in [0.15, 0.2) is 22.2 Å². The lowest BCUT2D eigenvalue weighted by molar-refractivity contribution is 0.629. The minimum Gasteiger partial charge on any atom is -0.249 e. The van der Waals surface area contributed by atoms with Crippen molar-refractivity contribution in [1.82, 2.24) is 9.78 Å². The Labute approximate surface area is 89.7 Å². The van der Waals surface area contributed by atoms with Crippen molar-refractivity contribution >= 4 is 12.2 Å². The van der Waals surface area contributed by atoms with Crippen LogP contribution in [0.3, 0.4) is 0 Å². The van der Waals surface area contributed by atoms with Gasteiger partial charge in [0, 0.05) is 25.4 Å². The fraction of sp³-hybridized carbons (Fsp3) is 0.545. The molecule has 0 radical (unpaired) electrons. The molecule has 4 heteroatoms. The molecule has 1 aliphatic heterocycles. The van der Waals surface area contributed by atoms with E-state index in [0.717, 1.165) is 25.1 Å². The van der Waals surface area contributed by atoms with Gasteiger partial charge in [-0.2, -0.15) is 5.10 Å². The highest BCUT2D eigenvalue weighted by Gasteiger charge is 2.06. The van der Waals surface area contributed by atoms with Gasteiger partial charge in [0.25, 0.3) is 0 Å². The second-order valence-electron chi connectivity index (χ2n) is 4.13. The Hall–Kier alpha value is -1.45. The average molecular weight is 204 g/mol. The molecule has 15 heavy (non-hydrogen) atoms. The smallest absolute Gasteiger partial charge is 0.245 e. The van der Waals surface area contributed by atoms with E-state index in [0.29, 0.717) is 11.9 Å². The van der Waals surface area contributed by atoms with E-state index in [1.54, 1.807) is 4.68 Å². The van der Waals surface area contributed by atoms with Crippen LogP contribution in [-0.2, 0) is 6.42 Å². The van der Waals surface area contributed by atoms with Crippen LogP contribution in [0.2, 0.25) is 0 Å². The van der Waals surface area contributed by atoms with Gasteiger partial charge >= 0.3 is 0 Å². The molecule has 0 aliphatic carbocycles. The van der Waals surface area contributed by atoms with E-state index in [1.807, 2.05) is 18.5 Å². The maximum absolute atomic E-state index is 4.45. The van der Waals surface area contributed by atoms with Gasteiger partial charge in [-0.05, 0) is 18.4 Å². The van der Waals surface area contributed by atoms with Crippen molar-refractivity contribution in [3.63, 3.8) is 0 Å². The van der Waals surface area contributed by atoms with Crippen LogP contribution in [0.25, 0.3) is 0 Å². The normalized spacial score (nSPS) is 15.8. The van der Waals surface area contributed by atoms with Crippen molar-refractivity contribution in [2.24, 2.45) is 15.9 Å². The summed E-state index contributed by atoms with van der Waals surface area (Å²) in [4.78, 5) is 8.53. The van der Waals surface area contributed by atoms with Crippen LogP contribution in [-0.4, -0.2) is 28.5 Å². The Bertz CT molecular complexity index is 387. The molecule has 1 aromatic heterocycles. The van der Waals surface area contributed by atoms with Gasteiger partial charge in [0.2, 0.25) is 5.96 Å². The molecule has 0 saturated carbocycles. The van der Waals surface area contributed by atoms with E-state index >= 15 is 0 Å². The predicted octanol–water partition coefficient (Wildman–Crippen LogP) is 1.76. The highest BCUT2D eigenvalue weighted by molar-refractivity contribution is 5.90. The van der Waals surface area contributed by atoms with E-state index in [4.69, 9.17) is 0 Å². The van der Waals surface area contributed by atoms with Crippen LogP contribution in [0, 0.1) is 5.92 Å². The third kappa shape index (κ3) is 2.52. The molecule has 2 rings (SSSR count). The summed E-state index contributed by atoms with van der Waals surface area (Å²) in [7, 11) is 0. The number of nitrogens with zero attached hydrogens (tertiary/aromatic N) is 4. The third-order valence-corrected chi connectivity index (χ3v) is 2.18. The van der Waals surface area contributed by atoms with Gasteiger partial charge in [0.05, 0.1) is 5.69 Å². The Morgan fingerprint density at radius 3 is 3.00 bits per heavy atom. The summed E-state index contributed by atoms with van der Waals surface area (Å²) < 4.78 is 1.76. The largest absolute Gasteiger partial charge is 0.249 e. The fourth-order valence-electron chi connectivity index (χ4n) is 1.54. The SMILES string of the molecule is CC(C)Cc1ccn(C2=NCCC=N2)n1. The van der Waals surface area contributed by atoms with Gasteiger partial charge in [-0.25, -0.2) is 14.7 Å². The molecule has 0 fully saturated rings. The van der Waals surface area contributed by atoms with Gasteiger partial charge in [0.15, 0.2) is 0 Å². The van der Waals surface area contributed by atoms with E-state index in [-0.39, 0.29) is 0 Å². The second kappa shape index (κ2) is 4.38. The molecule has 1 aliphatic rings. The lowest BCUT2D eigenvalue weighted by Crippen LogP contribution is -2.14. The number of rotatable bonds is 2. The molecule has 0 aromatic carbocycles. The second-order valence-corrected chi connectivity index (χ2v) is 4.13. The molecular formula is C11H16N4. The maximum Gasteiger partial charge on any atom is 0.245 e. The van der Waals surface area contributed by atoms with Gasteiger partial charge < -0.3 is 0 Å². The van der Waals surface area contributed by atoms with E-state index in [9.17, 15) is 0 Å². The number of hydrogen-bond acceptors (Lipinski definition) is 3. The van der Waals surface area contributed by atoms with Crippen molar-refractivity contribution in [3.05, 3.63) is 18.0 Å². The summed E-state index contributed by atoms with van der Waals surface area (Å²) in [6.45, 7) is 5.20. The first-order chi connectivity index (χ1) is 7.25. The lowest BCUT2D eigenvalue weighted by atomic mass is 10.1. The molecule has 0 saturated heterocycles. The molecule has 0 N–H and O–H groups in total. The van der Waals surface area contributed by atoms with E-state index in [2.05, 4.69) is 28.9 Å². The van der Waals surface area contributed by atoms with Gasteiger partial charge in [0.1, 0.15) is 0 Å². The molecule has 2 heterocycles. The Kier molecular flexibility index (Phi) is 2.94. The predicted molar refractivity (Wildman–Crippen MR) is 61.6 cm³/mol. The zero-order valence-corrected chi connectivity index (χ0v) is 9.22. The van der Waals surface area contributed by atoms with Gasteiger partial charge in [-0.15, -0.1) is 0 Å². The summed E-state index contributed by atoms with van der Waals surface area (Å²) in [5.41, 5.74) is 1.11. The first-order valence-corrected chi connectivity index (χ1v) is 5.37. The minimum atomic E-state index is 0.630. The van der Waals surface area contributed by atoms with E-state index in [1.165, 1.54) is 0 Å². The number of aromatic nitrogens is 2. The van der Waals surface area contributed by atoms with Crippen molar-refractivity contribution in [1.29, 1.82) is 0 Å². The topological polar surface area (TPSA) is 42.5 Å². The number of aliphatic imine (C=N–C) groups is 2. The van der Waals surface area contributed by atoms with Crippen LogP contribution in [0.4, 0.5) is 0 Å². The highest BCUT2D eigenvalue weighted by Crippen LogP contribution is 2.05. The van der Waals surface area contributed by atoms with Crippen molar-refractivity contribution < 1.29 is 0 Å². The fourth-order valence-corrected chi connectivity index (χ4v) is 1.54. The Morgan fingerprint density at radius 2 is 2.33 bits per heavy atom. The lowest BCUT2D eigenvalue weighted by Gasteiger charge is -2.04. The zero-order chi connectivity index (χ0) is 10.7. The van der Waals surface area contributed by atoms with Crippen LogP contribution in [0.5, 0.6) is 0 Å². The molecule has 4 nitrogen and oxygen atoms in total. The van der Waals surface area contributed by atoms with Crippen molar-refractivity contribution in [2.45, 2.75) is 26.7 Å². The third-order valence-electron chi connectivity index (χ3n) is 2.18. The van der Waals surface area contributed by atoms with Gasteiger partial charge in [-0.3, -0.25) is 0 Å². The summed E-state index contributed by atoms with van der Waals surface area (Å²) in [5, 5.41) is 4.45. The molecule has 0 atom stereocenters. The summed E-state index contributed by atoms with van der Waals surface area (Å²) in [5.74, 6) is 1.33. The molecular weight excluding hydrogens is 188 g/mol. The quantitative estimate of drug-likeness (QED) is 0.723. The van der Waals surface area contributed by atoms with Crippen LogP contribution < -0.4 is 0 Å². The highest BCUT2D eigenvalue weighted by atomic mass is 15.4. The summed E-state index contributed by atoms with van der Waals surface area (Å²) in [6.07, 6.45) is 5.76. The van der Waals surface area contributed by atoms with Crippen molar-refractivity contribution in [3.8, 4) is 0 Å². The molecule has 0 spiro atoms. The molecule has 0 unspecified atom stereocenters. The van der Waals surface area contributed by atoms with Crippen molar-refractivity contribution in [2.75, 3.05) is 6.54 Å². The molecule has 0 amide bonds. The van der Waals surface area contributed by atoms with Gasteiger partial charge in [-0.1, -0.05) is 13.8 Å². The summed E-state index contributed by atoms with van der Waals surface area (Å²) >= 11 is 0. The first-order valence-electron chi connectivity index (χ1n) is 5.37. The average Bonchev–Trinajstić information content (AvgIpc) is 2.67.